The van der Waals surface area contributed by atoms with E-state index in [0.717, 1.165) is 32.2 Å². The van der Waals surface area contributed by atoms with Gasteiger partial charge in [0.1, 0.15) is 0 Å². The Morgan fingerprint density at radius 3 is 2.52 bits per heavy atom. The van der Waals surface area contributed by atoms with E-state index in [1.807, 2.05) is 23.9 Å². The van der Waals surface area contributed by atoms with Crippen molar-refractivity contribution in [2.45, 2.75) is 62.6 Å². The highest BCUT2D eigenvalue weighted by atomic mass is 16.5. The van der Waals surface area contributed by atoms with Gasteiger partial charge in [-0.25, -0.2) is 0 Å². The molecule has 1 aliphatic heterocycles. The maximum Gasteiger partial charge on any atom is 0.237 e. The van der Waals surface area contributed by atoms with Crippen molar-refractivity contribution in [3.63, 3.8) is 0 Å². The van der Waals surface area contributed by atoms with Gasteiger partial charge in [0.2, 0.25) is 5.91 Å². The molecule has 5 heteroatoms. The zero-order chi connectivity index (χ0) is 19.2. The monoisotopic (exact) mass is 373 g/mol. The van der Waals surface area contributed by atoms with Gasteiger partial charge in [0, 0.05) is 12.6 Å². The number of nitrogens with zero attached hydrogens (tertiary/aromatic N) is 2. The number of hydrogen-bond donors (Lipinski definition) is 1. The van der Waals surface area contributed by atoms with Gasteiger partial charge < -0.3 is 20.3 Å². The highest BCUT2D eigenvalue weighted by molar-refractivity contribution is 5.78. The summed E-state index contributed by atoms with van der Waals surface area (Å²) in [5.74, 6) is 0.817. The van der Waals surface area contributed by atoms with Crippen LogP contribution in [0.4, 0.5) is 0 Å². The summed E-state index contributed by atoms with van der Waals surface area (Å²) in [4.78, 5) is 16.5. The van der Waals surface area contributed by atoms with Crippen molar-refractivity contribution in [3.05, 3.63) is 35.9 Å². The predicted molar refractivity (Wildman–Crippen MR) is 109 cm³/mol. The Kier molecular flexibility index (Phi) is 7.27. The summed E-state index contributed by atoms with van der Waals surface area (Å²) < 4.78 is 6.27. The third-order valence-electron chi connectivity index (χ3n) is 6.05. The fourth-order valence-corrected chi connectivity index (χ4v) is 4.49. The second kappa shape index (κ2) is 9.67. The summed E-state index contributed by atoms with van der Waals surface area (Å²) in [6.07, 6.45) is 6.79. The van der Waals surface area contributed by atoms with Gasteiger partial charge in [-0.1, -0.05) is 30.3 Å². The lowest BCUT2D eigenvalue weighted by Gasteiger charge is -2.41. The quantitative estimate of drug-likeness (QED) is 0.833. The Labute approximate surface area is 163 Å². The standard InChI is InChI=1S/C22H35N3O2/c1-24(2)15-22(26)25-14-6-9-20(23)21(25)16-27-19-12-10-18(11-13-19)17-7-4-3-5-8-17/h3-5,7-8,18-21H,6,9-16,23H2,1-2H3/t18?,19?,20-,21-/m0/s1. The minimum absolute atomic E-state index is 0.0121. The molecule has 0 spiro atoms. The topological polar surface area (TPSA) is 58.8 Å². The van der Waals surface area contributed by atoms with Crippen molar-refractivity contribution < 1.29 is 9.53 Å². The highest BCUT2D eigenvalue weighted by Crippen LogP contribution is 2.34. The van der Waals surface area contributed by atoms with Crippen LogP contribution in [0.25, 0.3) is 0 Å². The van der Waals surface area contributed by atoms with E-state index in [4.69, 9.17) is 10.5 Å². The third-order valence-corrected chi connectivity index (χ3v) is 6.05. The van der Waals surface area contributed by atoms with Gasteiger partial charge in [-0.3, -0.25) is 4.79 Å². The second-order valence-electron chi connectivity index (χ2n) is 8.42. The van der Waals surface area contributed by atoms with Crippen LogP contribution >= 0.6 is 0 Å². The lowest BCUT2D eigenvalue weighted by molar-refractivity contribution is -0.138. The molecule has 1 aromatic rings. The predicted octanol–water partition coefficient (Wildman–Crippen LogP) is 2.61. The number of ether oxygens (including phenoxy) is 1. The molecule has 0 radical (unpaired) electrons. The van der Waals surface area contributed by atoms with E-state index in [-0.39, 0.29) is 18.0 Å². The maximum absolute atomic E-state index is 12.6. The van der Waals surface area contributed by atoms with E-state index >= 15 is 0 Å². The van der Waals surface area contributed by atoms with Crippen molar-refractivity contribution in [3.8, 4) is 0 Å². The highest BCUT2D eigenvalue weighted by Gasteiger charge is 2.33. The van der Waals surface area contributed by atoms with Gasteiger partial charge in [-0.15, -0.1) is 0 Å². The van der Waals surface area contributed by atoms with Crippen LogP contribution in [-0.4, -0.2) is 67.7 Å². The number of benzene rings is 1. The van der Waals surface area contributed by atoms with Crippen LogP contribution < -0.4 is 5.73 Å². The van der Waals surface area contributed by atoms with Crippen LogP contribution in [0.5, 0.6) is 0 Å². The molecule has 2 fully saturated rings. The van der Waals surface area contributed by atoms with E-state index in [1.54, 1.807) is 0 Å². The lowest BCUT2D eigenvalue weighted by atomic mass is 9.83. The Bertz CT molecular complexity index is 584. The van der Waals surface area contributed by atoms with Crippen LogP contribution in [0.15, 0.2) is 30.3 Å². The molecule has 1 amide bonds. The first-order chi connectivity index (χ1) is 13.0. The number of likely N-dealkylation sites (tertiary alicyclic amines) is 1. The molecule has 150 valence electrons. The van der Waals surface area contributed by atoms with Crippen LogP contribution in [0.2, 0.25) is 0 Å². The Morgan fingerprint density at radius 1 is 1.15 bits per heavy atom. The molecular weight excluding hydrogens is 338 g/mol. The first-order valence-corrected chi connectivity index (χ1v) is 10.4. The normalized spacial score (nSPS) is 29.1. The Balaban J connectivity index is 1.50. The largest absolute Gasteiger partial charge is 0.376 e. The van der Waals surface area contributed by atoms with Crippen molar-refractivity contribution >= 4 is 5.91 Å². The van der Waals surface area contributed by atoms with E-state index in [0.29, 0.717) is 25.2 Å². The second-order valence-corrected chi connectivity index (χ2v) is 8.42. The number of nitrogens with two attached hydrogens (primary N) is 1. The van der Waals surface area contributed by atoms with Crippen molar-refractivity contribution in [1.82, 2.24) is 9.80 Å². The van der Waals surface area contributed by atoms with E-state index < -0.39 is 0 Å². The summed E-state index contributed by atoms with van der Waals surface area (Å²) in [6.45, 7) is 1.81. The van der Waals surface area contributed by atoms with Gasteiger partial charge in [0.25, 0.3) is 0 Å². The maximum atomic E-state index is 12.6. The van der Waals surface area contributed by atoms with Crippen LogP contribution in [-0.2, 0) is 9.53 Å². The number of likely N-dealkylation sites (N-methyl/N-ethyl adjacent to an activating group) is 1. The Hall–Kier alpha value is -1.43. The fraction of sp³-hybridized carbons (Fsp3) is 0.682. The molecule has 1 aliphatic carbocycles. The number of carbonyl (C=O) groups is 1. The van der Waals surface area contributed by atoms with Gasteiger partial charge in [0.15, 0.2) is 0 Å². The van der Waals surface area contributed by atoms with Gasteiger partial charge >= 0.3 is 0 Å². The molecule has 1 saturated carbocycles. The number of amides is 1. The molecule has 5 nitrogen and oxygen atoms in total. The molecule has 2 atom stereocenters. The summed E-state index contributed by atoms with van der Waals surface area (Å²) in [5.41, 5.74) is 7.81. The minimum atomic E-state index is 0.0121. The van der Waals surface area contributed by atoms with E-state index in [9.17, 15) is 4.79 Å². The van der Waals surface area contributed by atoms with Gasteiger partial charge in [-0.2, -0.15) is 0 Å². The smallest absolute Gasteiger partial charge is 0.237 e. The fourth-order valence-electron chi connectivity index (χ4n) is 4.49. The molecule has 0 bridgehead atoms. The molecule has 0 unspecified atom stereocenters. The molecule has 3 rings (SSSR count). The van der Waals surface area contributed by atoms with Crippen molar-refractivity contribution in [2.75, 3.05) is 33.8 Å². The molecule has 1 saturated heterocycles. The zero-order valence-corrected chi connectivity index (χ0v) is 16.8. The van der Waals surface area contributed by atoms with Crippen LogP contribution in [0.3, 0.4) is 0 Å². The minimum Gasteiger partial charge on any atom is -0.376 e. The molecule has 1 aromatic carbocycles. The molecule has 27 heavy (non-hydrogen) atoms. The summed E-state index contributed by atoms with van der Waals surface area (Å²) >= 11 is 0. The molecule has 0 aromatic heterocycles. The first-order valence-electron chi connectivity index (χ1n) is 10.4. The summed E-state index contributed by atoms with van der Waals surface area (Å²) in [6, 6.07) is 10.8. The van der Waals surface area contributed by atoms with Crippen LogP contribution in [0.1, 0.15) is 50.0 Å². The summed E-state index contributed by atoms with van der Waals surface area (Å²) in [5, 5.41) is 0. The molecular formula is C22H35N3O2. The van der Waals surface area contributed by atoms with Crippen molar-refractivity contribution in [2.24, 2.45) is 5.73 Å². The van der Waals surface area contributed by atoms with Gasteiger partial charge in [-0.05, 0) is 64.1 Å². The third kappa shape index (κ3) is 5.53. The molecule has 1 heterocycles. The average Bonchev–Trinajstić information content (AvgIpc) is 2.67. The number of rotatable bonds is 6. The number of piperidine rings is 1. The van der Waals surface area contributed by atoms with Crippen LogP contribution in [0, 0.1) is 0 Å². The molecule has 2 N–H and O–H groups in total. The van der Waals surface area contributed by atoms with E-state index in [2.05, 4.69) is 30.3 Å². The first kappa shape index (κ1) is 20.3. The van der Waals surface area contributed by atoms with Crippen molar-refractivity contribution in [1.29, 1.82) is 0 Å². The van der Waals surface area contributed by atoms with Gasteiger partial charge in [0.05, 0.1) is 25.3 Å². The average molecular weight is 374 g/mol. The molecule has 2 aliphatic rings. The Morgan fingerprint density at radius 2 is 1.85 bits per heavy atom. The summed E-state index contributed by atoms with van der Waals surface area (Å²) in [7, 11) is 3.86. The lowest BCUT2D eigenvalue weighted by Crippen LogP contribution is -2.58. The SMILES string of the molecule is CN(C)CC(=O)N1CCC[C@H](N)[C@@H]1COC1CCC(c2ccccc2)CC1. The van der Waals surface area contributed by atoms with E-state index in [1.165, 1.54) is 18.4 Å². The number of carbonyl (C=O) groups excluding carboxylic acids is 1. The number of hydrogen-bond acceptors (Lipinski definition) is 4. The zero-order valence-electron chi connectivity index (χ0n) is 16.8.